The average molecular weight is 263 g/mol. The first-order valence-corrected chi connectivity index (χ1v) is 7.51. The van der Waals surface area contributed by atoms with E-state index in [2.05, 4.69) is 58.1 Å². The van der Waals surface area contributed by atoms with E-state index in [0.717, 1.165) is 25.3 Å². The summed E-state index contributed by atoms with van der Waals surface area (Å²) in [7, 11) is 0. The van der Waals surface area contributed by atoms with Crippen LogP contribution in [0.25, 0.3) is 0 Å². The summed E-state index contributed by atoms with van der Waals surface area (Å²) in [6, 6.07) is 6.80. The summed E-state index contributed by atoms with van der Waals surface area (Å²) in [6.45, 7) is 12.8. The highest BCUT2D eigenvalue weighted by Crippen LogP contribution is 2.19. The molecule has 0 aliphatic rings. The summed E-state index contributed by atoms with van der Waals surface area (Å²) < 4.78 is 6.01. The zero-order chi connectivity index (χ0) is 14.3. The van der Waals surface area contributed by atoms with Gasteiger partial charge in [0.2, 0.25) is 0 Å². The van der Waals surface area contributed by atoms with Gasteiger partial charge in [0.05, 0.1) is 0 Å². The molecule has 0 saturated carbocycles. The van der Waals surface area contributed by atoms with Crippen LogP contribution in [-0.2, 0) is 0 Å². The van der Waals surface area contributed by atoms with Gasteiger partial charge in [0.25, 0.3) is 0 Å². The molecule has 108 valence electrons. The maximum atomic E-state index is 6.01. The molecule has 1 rings (SSSR count). The predicted molar refractivity (Wildman–Crippen MR) is 82.9 cm³/mol. The summed E-state index contributed by atoms with van der Waals surface area (Å²) >= 11 is 0. The Morgan fingerprint density at radius 2 is 1.95 bits per heavy atom. The van der Waals surface area contributed by atoms with E-state index in [9.17, 15) is 0 Å². The second kappa shape index (κ2) is 8.21. The van der Waals surface area contributed by atoms with Gasteiger partial charge in [0.15, 0.2) is 0 Å². The minimum absolute atomic E-state index is 0.436. The molecule has 0 amide bonds. The summed E-state index contributed by atoms with van der Waals surface area (Å²) in [4.78, 5) is 0. The summed E-state index contributed by atoms with van der Waals surface area (Å²) in [5.41, 5.74) is 2.51. The van der Waals surface area contributed by atoms with Crippen molar-refractivity contribution in [2.75, 3.05) is 13.2 Å². The lowest BCUT2D eigenvalue weighted by atomic mass is 10.00. The van der Waals surface area contributed by atoms with Crippen LogP contribution in [0.1, 0.15) is 44.7 Å². The van der Waals surface area contributed by atoms with Crippen LogP contribution in [0.2, 0.25) is 0 Å². The molecule has 0 aliphatic carbocycles. The van der Waals surface area contributed by atoms with Crippen molar-refractivity contribution in [1.29, 1.82) is 0 Å². The molecule has 2 nitrogen and oxygen atoms in total. The van der Waals surface area contributed by atoms with Gasteiger partial charge in [0, 0.05) is 6.04 Å². The molecule has 0 aliphatic heterocycles. The van der Waals surface area contributed by atoms with E-state index in [1.807, 2.05) is 0 Å². The molecule has 0 aromatic heterocycles. The van der Waals surface area contributed by atoms with E-state index in [1.54, 1.807) is 0 Å². The summed E-state index contributed by atoms with van der Waals surface area (Å²) in [5.74, 6) is 1.65. The van der Waals surface area contributed by atoms with E-state index in [-0.39, 0.29) is 0 Å². The third-order valence-corrected chi connectivity index (χ3v) is 3.74. The number of benzene rings is 1. The molecule has 1 aromatic carbocycles. The van der Waals surface area contributed by atoms with Gasteiger partial charge in [-0.2, -0.15) is 0 Å². The molecule has 2 heteroatoms. The third kappa shape index (κ3) is 5.23. The van der Waals surface area contributed by atoms with E-state index in [0.29, 0.717) is 12.0 Å². The van der Waals surface area contributed by atoms with E-state index < -0.39 is 0 Å². The van der Waals surface area contributed by atoms with Crippen molar-refractivity contribution in [3.8, 4) is 5.75 Å². The highest BCUT2D eigenvalue weighted by atomic mass is 16.5. The van der Waals surface area contributed by atoms with Crippen LogP contribution in [0.5, 0.6) is 5.75 Å². The second-order valence-corrected chi connectivity index (χ2v) is 5.53. The van der Waals surface area contributed by atoms with Crippen molar-refractivity contribution in [3.05, 3.63) is 29.3 Å². The van der Waals surface area contributed by atoms with E-state index in [4.69, 9.17) is 4.74 Å². The van der Waals surface area contributed by atoms with Gasteiger partial charge in [-0.05, 0) is 44.4 Å². The topological polar surface area (TPSA) is 21.3 Å². The molecule has 0 saturated heterocycles. The molecule has 0 radical (unpaired) electrons. The lowest BCUT2D eigenvalue weighted by Gasteiger charge is -2.25. The fourth-order valence-corrected chi connectivity index (χ4v) is 2.18. The number of ether oxygens (including phenoxy) is 1. The number of hydrogen-bond acceptors (Lipinski definition) is 2. The first-order chi connectivity index (χ1) is 9.08. The largest absolute Gasteiger partial charge is 0.492 e. The van der Waals surface area contributed by atoms with Crippen LogP contribution >= 0.6 is 0 Å². The number of aryl methyl sites for hydroxylation is 2. The first-order valence-electron chi connectivity index (χ1n) is 7.51. The minimum atomic E-state index is 0.436. The molecule has 2 atom stereocenters. The Kier molecular flexibility index (Phi) is 6.93. The van der Waals surface area contributed by atoms with Crippen molar-refractivity contribution in [2.24, 2.45) is 5.92 Å². The fourth-order valence-electron chi connectivity index (χ4n) is 2.18. The number of hydrogen-bond donors (Lipinski definition) is 1. The molecule has 2 unspecified atom stereocenters. The van der Waals surface area contributed by atoms with Gasteiger partial charge in [-0.3, -0.25) is 0 Å². The Bertz CT molecular complexity index is 376. The highest BCUT2D eigenvalue weighted by molar-refractivity contribution is 5.35. The van der Waals surface area contributed by atoms with Crippen LogP contribution in [-0.4, -0.2) is 19.2 Å². The average Bonchev–Trinajstić information content (AvgIpc) is 2.40. The Balaban J connectivity index is 2.59. The van der Waals surface area contributed by atoms with Crippen molar-refractivity contribution in [3.63, 3.8) is 0 Å². The summed E-state index contributed by atoms with van der Waals surface area (Å²) in [6.07, 6.45) is 2.34. The molecule has 0 fully saturated rings. The Morgan fingerprint density at radius 3 is 2.53 bits per heavy atom. The van der Waals surface area contributed by atoms with Crippen LogP contribution in [0.15, 0.2) is 18.2 Å². The molecule has 19 heavy (non-hydrogen) atoms. The van der Waals surface area contributed by atoms with Crippen molar-refractivity contribution < 1.29 is 4.74 Å². The van der Waals surface area contributed by atoms with Crippen LogP contribution < -0.4 is 10.1 Å². The molecular formula is C17H29NO. The standard InChI is InChI=1S/C17H29NO/c1-6-10-18-16(14(4)7-2)12-19-17-9-8-13(3)11-15(17)5/h8-9,11,14,16,18H,6-7,10,12H2,1-5H3. The van der Waals surface area contributed by atoms with Gasteiger partial charge in [-0.25, -0.2) is 0 Å². The quantitative estimate of drug-likeness (QED) is 0.762. The molecule has 1 N–H and O–H groups in total. The van der Waals surface area contributed by atoms with Crippen LogP contribution in [0, 0.1) is 19.8 Å². The van der Waals surface area contributed by atoms with Crippen LogP contribution in [0.3, 0.4) is 0 Å². The van der Waals surface area contributed by atoms with Crippen molar-refractivity contribution in [1.82, 2.24) is 5.32 Å². The predicted octanol–water partition coefficient (Wildman–Crippen LogP) is 4.10. The Morgan fingerprint density at radius 1 is 1.21 bits per heavy atom. The minimum Gasteiger partial charge on any atom is -0.492 e. The highest BCUT2D eigenvalue weighted by Gasteiger charge is 2.16. The molecule has 0 spiro atoms. The number of rotatable bonds is 8. The molecule has 1 aromatic rings. The van der Waals surface area contributed by atoms with Gasteiger partial charge >= 0.3 is 0 Å². The monoisotopic (exact) mass is 263 g/mol. The van der Waals surface area contributed by atoms with E-state index >= 15 is 0 Å². The molecule has 0 heterocycles. The zero-order valence-corrected chi connectivity index (χ0v) is 13.1. The van der Waals surface area contributed by atoms with Gasteiger partial charge in [0.1, 0.15) is 12.4 Å². The Labute approximate surface area is 118 Å². The van der Waals surface area contributed by atoms with Gasteiger partial charge in [-0.1, -0.05) is 44.9 Å². The normalized spacial score (nSPS) is 14.2. The van der Waals surface area contributed by atoms with Crippen molar-refractivity contribution in [2.45, 2.75) is 53.5 Å². The SMILES string of the molecule is CCCNC(COc1ccc(C)cc1C)C(C)CC. The second-order valence-electron chi connectivity index (χ2n) is 5.53. The lowest BCUT2D eigenvalue weighted by Crippen LogP contribution is -2.40. The summed E-state index contributed by atoms with van der Waals surface area (Å²) in [5, 5.41) is 3.60. The van der Waals surface area contributed by atoms with E-state index in [1.165, 1.54) is 17.5 Å². The lowest BCUT2D eigenvalue weighted by molar-refractivity contribution is 0.219. The van der Waals surface area contributed by atoms with Crippen LogP contribution in [0.4, 0.5) is 0 Å². The smallest absolute Gasteiger partial charge is 0.122 e. The maximum Gasteiger partial charge on any atom is 0.122 e. The zero-order valence-electron chi connectivity index (χ0n) is 13.1. The van der Waals surface area contributed by atoms with Gasteiger partial charge < -0.3 is 10.1 Å². The molecule has 0 bridgehead atoms. The molecular weight excluding hydrogens is 234 g/mol. The first kappa shape index (κ1) is 16.0. The number of nitrogens with one attached hydrogen (secondary N) is 1. The van der Waals surface area contributed by atoms with Crippen molar-refractivity contribution >= 4 is 0 Å². The maximum absolute atomic E-state index is 6.01. The van der Waals surface area contributed by atoms with Gasteiger partial charge in [-0.15, -0.1) is 0 Å². The fraction of sp³-hybridized carbons (Fsp3) is 0.647. The third-order valence-electron chi connectivity index (χ3n) is 3.74. The Hall–Kier alpha value is -1.02.